The number of aldehydes is 1. The minimum Gasteiger partial charge on any atom is -0.870 e. The van der Waals surface area contributed by atoms with Crippen molar-refractivity contribution in [2.75, 3.05) is 64.8 Å². The number of rotatable bonds is 19. The number of ether oxygens (including phenoxy) is 7. The van der Waals surface area contributed by atoms with E-state index in [0.29, 0.717) is 63.7 Å². The van der Waals surface area contributed by atoms with Crippen molar-refractivity contribution in [2.45, 2.75) is 102 Å². The van der Waals surface area contributed by atoms with Crippen LogP contribution in [0, 0.1) is 176 Å². The van der Waals surface area contributed by atoms with E-state index in [-0.39, 0.29) is 296 Å². The van der Waals surface area contributed by atoms with Gasteiger partial charge in [-0.05, 0) is 214 Å². The first-order valence-electron chi connectivity index (χ1n) is 35.3. The van der Waals surface area contributed by atoms with Crippen LogP contribution < -0.4 is 102 Å². The van der Waals surface area contributed by atoms with Crippen molar-refractivity contribution >= 4 is 81.6 Å². The molecule has 40 heteroatoms. The molecule has 34 nitrogen and oxygen atoms in total. The number of halogens is 1. The minimum absolute atomic E-state index is 0. The summed E-state index contributed by atoms with van der Waals surface area (Å²) in [6, 6.07) is 51.5. The van der Waals surface area contributed by atoms with Crippen molar-refractivity contribution in [2.24, 2.45) is 4.99 Å². The van der Waals surface area contributed by atoms with E-state index in [1.165, 1.54) is 41.1 Å². The Labute approximate surface area is 913 Å². The number of hydrogen-bond acceptors (Lipinski definition) is 29. The zero-order valence-corrected chi connectivity index (χ0v) is 91.4. The number of benzene rings is 4. The number of β-lactam (4-membered cyclic amide) rings is 5. The van der Waals surface area contributed by atoms with Crippen LogP contribution in [0.5, 0.6) is 23.0 Å². The number of aliphatic hydroxyl groups is 5. The van der Waals surface area contributed by atoms with Crippen LogP contribution in [0.2, 0.25) is 0 Å². The Kier molecular flexibility index (Phi) is 61.2. The number of carbonyl (C=O) groups is 7. The molecule has 7 aromatic heterocycles. The van der Waals surface area contributed by atoms with Gasteiger partial charge in [0.2, 0.25) is 5.24 Å². The van der Waals surface area contributed by atoms with E-state index in [9.17, 15) is 43.8 Å². The standard InChI is InChI=1S/2C14H13NO4.C12H11NO2.C11H15NO4.2C7H7NO3.C7H9NO.C5H4O2.C4H8O.C2H3ClO2.2CH4.4Ac.K.H2O/c2*1-18-10-6-4-9(5-7-10)15-12(13(16)14(15)17)11-3-2-8-19-11;1-14-11-6-4-10(5-7-11)13-9-12-3-2-8-15-12;1-11(2,14-3)16-9-8(12-10(9)13)7-5-4-6-15-7;2*9-6-5(8-7(6)10)4-2-1-3-11-4;1-9-7-4-2-6(8)3-5-7;6-4-5-2-1-3-7-5;1-4(2)5-3;3-2(5)1-4;;;;;;;;/h2*2-8,12-13,16H,1H3;2-9H,1H3;4-6,8-9H,1-3H3,(H,12,13);2*1-3,5-6,9H,(H,8,10);2-5H,8H2,1H3;1-4H;1H2,2-3H3;4H,1H2;2*1H4;;;;;;1H2/q;;;;;;;;;;;;;;;;+1;/p-1/t2*12-,13?;;8-,9?;5-,6?;5-,6+;;;;;;;;;;;;/m00.000............/s1. The SMILES string of the molecule is C.C.C=C(C)OC.COC(C)(C)OC1C(=O)N[C@H]1c1ccco1.COc1ccc(N)cc1.COc1ccc(N2C(=O)C(O)[C@@H]2c2ccco2)cc1.COc1ccc(N2C(=O)C(O)[C@@H]2c2ccco2)cc1.COc1ccc(N=Cc2ccco2)cc1.O=C(Cl)CO.O=C1N[C@@H](c2ccco2)C1O.O=C1N[C@@H](c2ccco2)[C@H]1O.O=Cc1ccco1.[Ac].[Ac].[Ac].[Ac].[K+].[OH-]. The Hall–Kier alpha value is -5.89. The Bertz CT molecular complexity index is 4630. The third kappa shape index (κ3) is 37.5. The van der Waals surface area contributed by atoms with E-state index in [4.69, 9.17) is 76.0 Å². The third-order valence-corrected chi connectivity index (χ3v) is 16.9. The predicted octanol–water partition coefficient (Wildman–Crippen LogP) is 8.73. The van der Waals surface area contributed by atoms with Gasteiger partial charge in [0.1, 0.15) is 94.4 Å². The normalized spacial score (nSPS) is 18.1. The van der Waals surface area contributed by atoms with Crippen molar-refractivity contribution < 1.29 is 356 Å². The zero-order valence-electron chi connectivity index (χ0n) is 68.6. The monoisotopic (exact) mass is 2630 g/mol. The summed E-state index contributed by atoms with van der Waals surface area (Å²) in [6.45, 7) is 8.21. The maximum atomic E-state index is 11.8. The molecular weight excluding hydrogens is 2530 g/mol. The summed E-state index contributed by atoms with van der Waals surface area (Å²) < 4.78 is 70.9. The fraction of sp³-hybridized carbons (Fsp3) is 0.271. The molecule has 0 bridgehead atoms. The second-order valence-electron chi connectivity index (χ2n) is 25.0. The van der Waals surface area contributed by atoms with Crippen molar-refractivity contribution in [3.8, 4) is 23.0 Å². The number of nitrogens with two attached hydrogens (primary N) is 1. The van der Waals surface area contributed by atoms with Gasteiger partial charge in [0.15, 0.2) is 48.4 Å². The molecule has 0 saturated carbocycles. The first-order chi connectivity index (χ1) is 56.2. The second kappa shape index (κ2) is 63.2. The molecule has 5 saturated heterocycles. The number of furan rings is 7. The van der Waals surface area contributed by atoms with Gasteiger partial charge in [-0.1, -0.05) is 21.4 Å². The molecule has 0 aliphatic carbocycles. The molecule has 4 radical (unpaired) electrons. The van der Waals surface area contributed by atoms with Crippen LogP contribution in [0.4, 0.5) is 22.7 Å². The summed E-state index contributed by atoms with van der Waals surface area (Å²) in [5.41, 5.74) is 8.47. The van der Waals surface area contributed by atoms with Gasteiger partial charge in [0.25, 0.3) is 29.5 Å². The Balaban J connectivity index is 0. The number of nitrogens with zero attached hydrogens (tertiary/aromatic N) is 3. The topological polar surface area (TPSA) is 488 Å². The average Bonchev–Trinajstić information content (AvgIpc) is 1.73. The van der Waals surface area contributed by atoms with Crippen molar-refractivity contribution in [1.29, 1.82) is 0 Å². The van der Waals surface area contributed by atoms with Crippen LogP contribution in [0.3, 0.4) is 0 Å². The third-order valence-electron chi connectivity index (χ3n) is 16.8. The molecule has 5 aliphatic rings. The second-order valence-corrected chi connectivity index (χ2v) is 25.4. The van der Waals surface area contributed by atoms with E-state index in [2.05, 4.69) is 48.3 Å². The zero-order chi connectivity index (χ0) is 85.1. The number of aliphatic imine (C=N–C) groups is 1. The number of nitrogen functional groups attached to an aromatic ring is 1. The number of aliphatic hydroxyl groups excluding tert-OH is 5. The van der Waals surface area contributed by atoms with E-state index >= 15 is 0 Å². The number of hydrogen-bond donors (Lipinski definition) is 9. The molecule has 5 amide bonds. The Morgan fingerprint density at radius 1 is 0.496 bits per heavy atom. The smallest absolute Gasteiger partial charge is 0.870 e. The van der Waals surface area contributed by atoms with Gasteiger partial charge in [0.05, 0.1) is 97.1 Å². The number of methoxy groups -OCH3 is 6. The number of allylic oxidation sites excluding steroid dienone is 1. The number of carbonyl (C=O) groups excluding carboxylic acids is 7. The molecule has 4 unspecified atom stereocenters. The maximum Gasteiger partial charge on any atom is 1.00 e. The summed E-state index contributed by atoms with van der Waals surface area (Å²) in [7, 11) is 9.58. The molecule has 10 atom stereocenters. The first kappa shape index (κ1) is 121. The minimum atomic E-state index is -1.05. The van der Waals surface area contributed by atoms with Crippen molar-refractivity contribution in [3.63, 3.8) is 0 Å². The molecule has 5 aliphatic heterocycles. The van der Waals surface area contributed by atoms with Crippen molar-refractivity contribution in [1.82, 2.24) is 16.0 Å². The molecule has 656 valence electrons. The van der Waals surface area contributed by atoms with Crippen LogP contribution in [0.25, 0.3) is 0 Å². The van der Waals surface area contributed by atoms with Gasteiger partial charge in [-0.25, -0.2) is 0 Å². The predicted molar refractivity (Wildman–Crippen MR) is 438 cm³/mol. The molecule has 4 aromatic carbocycles. The largest absolute Gasteiger partial charge is 1.00 e. The van der Waals surface area contributed by atoms with Gasteiger partial charge >= 0.3 is 51.4 Å². The summed E-state index contributed by atoms with van der Waals surface area (Å²) in [5.74, 6) is 5.72. The molecule has 16 rings (SSSR count). The maximum absolute atomic E-state index is 11.8. The molecule has 125 heavy (non-hydrogen) atoms. The van der Waals surface area contributed by atoms with Gasteiger partial charge < -0.3 is 117 Å². The summed E-state index contributed by atoms with van der Waals surface area (Å²) in [5, 5.41) is 52.5. The van der Waals surface area contributed by atoms with E-state index in [1.807, 2.05) is 48.5 Å². The van der Waals surface area contributed by atoms with Crippen LogP contribution in [0.15, 0.2) is 274 Å². The van der Waals surface area contributed by atoms with E-state index in [0.717, 1.165) is 34.4 Å². The molecule has 5 fully saturated rings. The van der Waals surface area contributed by atoms with Gasteiger partial charge in [-0.2, -0.15) is 0 Å². The van der Waals surface area contributed by atoms with Crippen LogP contribution in [0.1, 0.15) is 111 Å². The molecule has 0 spiro atoms. The average molecular weight is 2630 g/mol. The number of nitrogens with one attached hydrogen (secondary N) is 3. The van der Waals surface area contributed by atoms with Crippen LogP contribution in [-0.4, -0.2) is 164 Å². The fourth-order valence-corrected chi connectivity index (χ4v) is 10.3. The summed E-state index contributed by atoms with van der Waals surface area (Å²) in [4.78, 5) is 82.5. The van der Waals surface area contributed by atoms with Gasteiger partial charge in [-0.15, -0.1) is 0 Å². The first-order valence-corrected chi connectivity index (χ1v) is 35.7. The number of amides is 5. The number of anilines is 3. The molecule has 11 aromatic rings. The van der Waals surface area contributed by atoms with Crippen LogP contribution in [-0.2, 0) is 43.0 Å². The summed E-state index contributed by atoms with van der Waals surface area (Å²) >= 11 is 4.57. The molecule has 11 N–H and O–H groups in total. The summed E-state index contributed by atoms with van der Waals surface area (Å²) in [6.07, 6.45) is 8.52. The molecular formula is C85H99Ac4ClKN7O27. The fourth-order valence-electron chi connectivity index (χ4n) is 10.3. The van der Waals surface area contributed by atoms with E-state index in [1.54, 1.807) is 216 Å². The van der Waals surface area contributed by atoms with Crippen molar-refractivity contribution in [3.05, 3.63) is 278 Å². The van der Waals surface area contributed by atoms with Crippen LogP contribution >= 0.6 is 11.6 Å². The van der Waals surface area contributed by atoms with Gasteiger partial charge in [-0.3, -0.25) is 48.4 Å². The Morgan fingerprint density at radius 2 is 0.800 bits per heavy atom. The Morgan fingerprint density at radius 3 is 1.06 bits per heavy atom. The quantitative estimate of drug-likeness (QED) is 0.00533. The van der Waals surface area contributed by atoms with E-state index < -0.39 is 60.2 Å². The molecule has 12 heterocycles. The van der Waals surface area contributed by atoms with Gasteiger partial charge in [0, 0.05) is 200 Å².